The molecular weight excluding hydrogens is 124 g/mol. The second kappa shape index (κ2) is 1.76. The summed E-state index contributed by atoms with van der Waals surface area (Å²) >= 11 is 0. The van der Waals surface area contributed by atoms with Crippen molar-refractivity contribution in [3.05, 3.63) is 0 Å². The minimum Gasteiger partial charge on any atom is -0.393 e. The molecule has 58 valence electrons. The lowest BCUT2D eigenvalue weighted by Gasteiger charge is -2.58. The smallest absolute Gasteiger partial charge is 0.0546 e. The van der Waals surface area contributed by atoms with Crippen LogP contribution in [0.3, 0.4) is 0 Å². The summed E-state index contributed by atoms with van der Waals surface area (Å²) < 4.78 is 0. The molecule has 1 heteroatoms. The van der Waals surface area contributed by atoms with E-state index in [1.807, 2.05) is 0 Å². The first kappa shape index (κ1) is 6.66. The molecule has 0 saturated heterocycles. The quantitative estimate of drug-likeness (QED) is 0.544. The van der Waals surface area contributed by atoms with Gasteiger partial charge in [0.1, 0.15) is 0 Å². The van der Waals surface area contributed by atoms with Gasteiger partial charge in [-0.3, -0.25) is 0 Å². The molecule has 1 unspecified atom stereocenters. The van der Waals surface area contributed by atoms with Crippen molar-refractivity contribution >= 4 is 0 Å². The molecule has 0 aromatic carbocycles. The summed E-state index contributed by atoms with van der Waals surface area (Å²) in [5.41, 5.74) is 0.555. The van der Waals surface area contributed by atoms with E-state index in [0.717, 1.165) is 24.7 Å². The zero-order chi connectivity index (χ0) is 7.35. The van der Waals surface area contributed by atoms with E-state index in [1.165, 1.54) is 6.42 Å². The van der Waals surface area contributed by atoms with Gasteiger partial charge in [-0.1, -0.05) is 13.8 Å². The number of aliphatic hydroxyl groups is 1. The lowest BCUT2D eigenvalue weighted by atomic mass is 9.48. The summed E-state index contributed by atoms with van der Waals surface area (Å²) in [5.74, 6) is 1.64. The van der Waals surface area contributed by atoms with Gasteiger partial charge in [0.2, 0.25) is 0 Å². The third-order valence-electron chi connectivity index (χ3n) is 3.79. The molecular formula is C9H16O. The molecule has 0 spiro atoms. The lowest BCUT2D eigenvalue weighted by molar-refractivity contribution is -0.115. The Hall–Kier alpha value is -0.0400. The lowest BCUT2D eigenvalue weighted by Crippen LogP contribution is -2.51. The number of aliphatic hydroxyl groups excluding tert-OH is 1. The van der Waals surface area contributed by atoms with Crippen molar-refractivity contribution in [2.24, 2.45) is 17.3 Å². The van der Waals surface area contributed by atoms with E-state index in [9.17, 15) is 5.11 Å². The van der Waals surface area contributed by atoms with Crippen LogP contribution in [0.1, 0.15) is 33.1 Å². The minimum atomic E-state index is 0.0248. The van der Waals surface area contributed by atoms with Crippen molar-refractivity contribution in [1.29, 1.82) is 0 Å². The Morgan fingerprint density at radius 3 is 1.90 bits per heavy atom. The molecule has 3 fully saturated rings. The molecule has 3 atom stereocenters. The zero-order valence-electron chi connectivity index (χ0n) is 6.80. The van der Waals surface area contributed by atoms with E-state index in [4.69, 9.17) is 0 Å². The van der Waals surface area contributed by atoms with E-state index in [1.54, 1.807) is 0 Å². The summed E-state index contributed by atoms with van der Waals surface area (Å²) in [7, 11) is 0. The van der Waals surface area contributed by atoms with Crippen LogP contribution in [0.5, 0.6) is 0 Å². The zero-order valence-corrected chi connectivity index (χ0v) is 6.80. The van der Waals surface area contributed by atoms with E-state index in [0.29, 0.717) is 5.41 Å². The van der Waals surface area contributed by atoms with Gasteiger partial charge in [0.05, 0.1) is 6.10 Å². The van der Waals surface area contributed by atoms with Gasteiger partial charge >= 0.3 is 0 Å². The second-order valence-corrected chi connectivity index (χ2v) is 4.58. The van der Waals surface area contributed by atoms with E-state index < -0.39 is 0 Å². The third-order valence-corrected chi connectivity index (χ3v) is 3.79. The standard InChI is InChI=1S/C9H16O/c1-9(2)6-3-7(9)5-8(10)4-6/h6-8,10H,3-5H2,1-2H3/t6-,7+,8?. The van der Waals surface area contributed by atoms with Gasteiger partial charge in [-0.05, 0) is 36.5 Å². The van der Waals surface area contributed by atoms with Crippen LogP contribution in [-0.2, 0) is 0 Å². The molecule has 3 rings (SSSR count). The van der Waals surface area contributed by atoms with Crippen LogP contribution in [0, 0.1) is 17.3 Å². The first-order valence-electron chi connectivity index (χ1n) is 4.29. The van der Waals surface area contributed by atoms with E-state index in [-0.39, 0.29) is 6.10 Å². The summed E-state index contributed by atoms with van der Waals surface area (Å²) in [5, 5.41) is 9.34. The first-order chi connectivity index (χ1) is 4.60. The van der Waals surface area contributed by atoms with Crippen molar-refractivity contribution in [2.75, 3.05) is 0 Å². The third kappa shape index (κ3) is 0.672. The maximum Gasteiger partial charge on any atom is 0.0546 e. The van der Waals surface area contributed by atoms with Crippen molar-refractivity contribution in [1.82, 2.24) is 0 Å². The Labute approximate surface area is 62.4 Å². The van der Waals surface area contributed by atoms with Gasteiger partial charge < -0.3 is 5.11 Å². The molecule has 0 aromatic rings. The van der Waals surface area contributed by atoms with Gasteiger partial charge in [0, 0.05) is 0 Å². The fraction of sp³-hybridized carbons (Fsp3) is 1.00. The predicted molar refractivity (Wildman–Crippen MR) is 40.6 cm³/mol. The van der Waals surface area contributed by atoms with Crippen LogP contribution in [-0.4, -0.2) is 11.2 Å². The maximum absolute atomic E-state index is 9.34. The summed E-state index contributed by atoms with van der Waals surface area (Å²) in [6.07, 6.45) is 3.52. The molecule has 0 aliphatic heterocycles. The van der Waals surface area contributed by atoms with Crippen molar-refractivity contribution in [2.45, 2.75) is 39.2 Å². The number of hydrogen-bond donors (Lipinski definition) is 1. The molecule has 10 heavy (non-hydrogen) atoms. The van der Waals surface area contributed by atoms with Crippen molar-refractivity contribution in [3.63, 3.8) is 0 Å². The summed E-state index contributed by atoms with van der Waals surface area (Å²) in [4.78, 5) is 0. The first-order valence-corrected chi connectivity index (χ1v) is 4.29. The number of fused-ring (bicyclic) bond motifs is 2. The van der Waals surface area contributed by atoms with Crippen LogP contribution in [0.25, 0.3) is 0 Å². The molecule has 0 aromatic heterocycles. The predicted octanol–water partition coefficient (Wildman–Crippen LogP) is 1.80. The molecule has 1 nitrogen and oxygen atoms in total. The fourth-order valence-electron chi connectivity index (χ4n) is 2.68. The average Bonchev–Trinajstić information content (AvgIpc) is 1.87. The van der Waals surface area contributed by atoms with Crippen molar-refractivity contribution < 1.29 is 5.11 Å². The highest BCUT2D eigenvalue weighted by atomic mass is 16.3. The Kier molecular flexibility index (Phi) is 1.17. The number of hydrogen-bond acceptors (Lipinski definition) is 1. The minimum absolute atomic E-state index is 0.0248. The van der Waals surface area contributed by atoms with Crippen LogP contribution in [0.4, 0.5) is 0 Å². The normalized spacial score (nSPS) is 50.1. The summed E-state index contributed by atoms with van der Waals surface area (Å²) in [6.45, 7) is 4.69. The monoisotopic (exact) mass is 140 g/mol. The summed E-state index contributed by atoms with van der Waals surface area (Å²) in [6, 6.07) is 0. The van der Waals surface area contributed by atoms with Crippen molar-refractivity contribution in [3.8, 4) is 0 Å². The van der Waals surface area contributed by atoms with Crippen LogP contribution >= 0.6 is 0 Å². The van der Waals surface area contributed by atoms with Crippen LogP contribution < -0.4 is 0 Å². The Bertz CT molecular complexity index is 137. The van der Waals surface area contributed by atoms with Gasteiger partial charge in [-0.2, -0.15) is 0 Å². The van der Waals surface area contributed by atoms with Crippen LogP contribution in [0.2, 0.25) is 0 Å². The molecule has 3 aliphatic carbocycles. The van der Waals surface area contributed by atoms with E-state index in [2.05, 4.69) is 13.8 Å². The van der Waals surface area contributed by atoms with E-state index >= 15 is 0 Å². The Morgan fingerprint density at radius 2 is 1.60 bits per heavy atom. The highest BCUT2D eigenvalue weighted by Crippen LogP contribution is 2.58. The molecule has 3 aliphatic rings. The van der Waals surface area contributed by atoms with Gasteiger partial charge in [-0.25, -0.2) is 0 Å². The molecule has 3 saturated carbocycles. The molecule has 2 bridgehead atoms. The Morgan fingerprint density at radius 1 is 1.10 bits per heavy atom. The SMILES string of the molecule is CC1(C)[C@@H]2CC(O)C[C@H]1C2. The highest BCUT2D eigenvalue weighted by Gasteiger charge is 2.52. The molecule has 0 amide bonds. The molecule has 1 N–H and O–H groups in total. The largest absolute Gasteiger partial charge is 0.393 e. The van der Waals surface area contributed by atoms with Gasteiger partial charge in [0.25, 0.3) is 0 Å². The number of rotatable bonds is 0. The fourth-order valence-corrected chi connectivity index (χ4v) is 2.68. The average molecular weight is 140 g/mol. The second-order valence-electron chi connectivity index (χ2n) is 4.58. The van der Waals surface area contributed by atoms with Crippen LogP contribution in [0.15, 0.2) is 0 Å². The highest BCUT2D eigenvalue weighted by molar-refractivity contribution is 5.01. The topological polar surface area (TPSA) is 20.2 Å². The van der Waals surface area contributed by atoms with Gasteiger partial charge in [0.15, 0.2) is 0 Å². The maximum atomic E-state index is 9.34. The Balaban J connectivity index is 2.10. The molecule has 0 heterocycles. The van der Waals surface area contributed by atoms with Gasteiger partial charge in [-0.15, -0.1) is 0 Å². The molecule has 0 radical (unpaired) electrons.